The van der Waals surface area contributed by atoms with Crippen LogP contribution >= 0.6 is 0 Å². The van der Waals surface area contributed by atoms with Crippen molar-refractivity contribution < 1.29 is 9.47 Å². The van der Waals surface area contributed by atoms with Crippen LogP contribution in [-0.2, 0) is 6.42 Å². The normalized spacial score (nSPS) is 10.6. The fraction of sp³-hybridized carbons (Fsp3) is 0.333. The first kappa shape index (κ1) is 14.3. The fourth-order valence-corrected chi connectivity index (χ4v) is 1.68. The third-order valence-electron chi connectivity index (χ3n) is 2.53. The van der Waals surface area contributed by atoms with Crippen LogP contribution < -0.4 is 15.2 Å². The zero-order valence-electron chi connectivity index (χ0n) is 11.7. The molecule has 1 heterocycles. The van der Waals surface area contributed by atoms with Gasteiger partial charge in [-0.2, -0.15) is 4.98 Å². The van der Waals surface area contributed by atoms with E-state index in [9.17, 15) is 0 Å². The van der Waals surface area contributed by atoms with E-state index in [2.05, 4.69) is 9.97 Å². The van der Waals surface area contributed by atoms with Crippen LogP contribution in [0.1, 0.15) is 19.4 Å². The summed E-state index contributed by atoms with van der Waals surface area (Å²) in [6, 6.07) is 9.70. The Bertz CT molecular complexity index is 541. The van der Waals surface area contributed by atoms with E-state index in [1.54, 1.807) is 12.3 Å². The summed E-state index contributed by atoms with van der Waals surface area (Å²) in [5.74, 6) is 1.19. The molecule has 0 aliphatic rings. The Kier molecular flexibility index (Phi) is 4.90. The van der Waals surface area contributed by atoms with Gasteiger partial charge in [0.05, 0.1) is 6.10 Å². The molecule has 5 nitrogen and oxygen atoms in total. The van der Waals surface area contributed by atoms with Crippen molar-refractivity contribution in [3.05, 3.63) is 42.1 Å². The highest BCUT2D eigenvalue weighted by molar-refractivity contribution is 5.29. The maximum absolute atomic E-state index is 5.60. The van der Waals surface area contributed by atoms with E-state index in [-0.39, 0.29) is 12.1 Å². The molecule has 5 heteroatoms. The van der Waals surface area contributed by atoms with E-state index in [1.165, 1.54) is 5.56 Å². The van der Waals surface area contributed by atoms with E-state index >= 15 is 0 Å². The summed E-state index contributed by atoms with van der Waals surface area (Å²) >= 11 is 0. The average molecular weight is 273 g/mol. The molecule has 2 aromatic rings. The molecule has 0 radical (unpaired) electrons. The van der Waals surface area contributed by atoms with Crippen LogP contribution in [0.2, 0.25) is 0 Å². The molecule has 20 heavy (non-hydrogen) atoms. The lowest BCUT2D eigenvalue weighted by Gasteiger charge is -2.09. The molecule has 0 saturated carbocycles. The molecule has 0 aliphatic heterocycles. The van der Waals surface area contributed by atoms with Crippen LogP contribution in [0, 0.1) is 0 Å². The van der Waals surface area contributed by atoms with Gasteiger partial charge >= 0.3 is 6.01 Å². The molecule has 2 rings (SSSR count). The smallest absolute Gasteiger partial charge is 0.325 e. The van der Waals surface area contributed by atoms with E-state index in [1.807, 2.05) is 38.1 Å². The Morgan fingerprint density at radius 2 is 1.90 bits per heavy atom. The number of hydrogen-bond donors (Lipinski definition) is 1. The van der Waals surface area contributed by atoms with Crippen molar-refractivity contribution in [1.82, 2.24) is 9.97 Å². The number of hydrogen-bond acceptors (Lipinski definition) is 5. The third kappa shape index (κ3) is 4.20. The van der Waals surface area contributed by atoms with Crippen molar-refractivity contribution in [2.75, 3.05) is 6.54 Å². The maximum Gasteiger partial charge on any atom is 0.325 e. The second kappa shape index (κ2) is 6.86. The molecule has 0 unspecified atom stereocenters. The quantitative estimate of drug-likeness (QED) is 0.875. The number of rotatable bonds is 6. The Morgan fingerprint density at radius 1 is 1.15 bits per heavy atom. The van der Waals surface area contributed by atoms with Crippen molar-refractivity contribution >= 4 is 0 Å². The van der Waals surface area contributed by atoms with E-state index in [0.29, 0.717) is 18.2 Å². The highest BCUT2D eigenvalue weighted by Crippen LogP contribution is 2.20. The highest BCUT2D eigenvalue weighted by atomic mass is 16.5. The second-order valence-electron chi connectivity index (χ2n) is 4.63. The van der Waals surface area contributed by atoms with E-state index in [0.717, 1.165) is 6.42 Å². The molecular weight excluding hydrogens is 254 g/mol. The lowest BCUT2D eigenvalue weighted by Crippen LogP contribution is -2.07. The number of benzene rings is 1. The van der Waals surface area contributed by atoms with Gasteiger partial charge in [0.1, 0.15) is 5.75 Å². The van der Waals surface area contributed by atoms with Crippen molar-refractivity contribution in [2.45, 2.75) is 26.4 Å². The average Bonchev–Trinajstić information content (AvgIpc) is 2.41. The Labute approximate surface area is 118 Å². The van der Waals surface area contributed by atoms with E-state index in [4.69, 9.17) is 15.2 Å². The van der Waals surface area contributed by atoms with Gasteiger partial charge in [-0.3, -0.25) is 0 Å². The van der Waals surface area contributed by atoms with Gasteiger partial charge in [0, 0.05) is 12.3 Å². The Morgan fingerprint density at radius 3 is 2.55 bits per heavy atom. The molecule has 0 atom stereocenters. The summed E-state index contributed by atoms with van der Waals surface area (Å²) in [6.07, 6.45) is 2.53. The van der Waals surface area contributed by atoms with Gasteiger partial charge in [-0.15, -0.1) is 0 Å². The lowest BCUT2D eigenvalue weighted by atomic mass is 10.1. The molecule has 0 saturated heterocycles. The number of ether oxygens (including phenoxy) is 2. The number of nitrogens with two attached hydrogens (primary N) is 1. The number of aromatic nitrogens is 2. The minimum absolute atomic E-state index is 0.0632. The van der Waals surface area contributed by atoms with Gasteiger partial charge in [-0.05, 0) is 44.5 Å². The summed E-state index contributed by atoms with van der Waals surface area (Å²) in [5, 5.41) is 0. The third-order valence-corrected chi connectivity index (χ3v) is 2.53. The first-order valence-electron chi connectivity index (χ1n) is 6.64. The van der Waals surface area contributed by atoms with E-state index < -0.39 is 0 Å². The number of nitrogens with zero attached hydrogens (tertiary/aromatic N) is 2. The van der Waals surface area contributed by atoms with Crippen molar-refractivity contribution in [1.29, 1.82) is 0 Å². The molecule has 1 aromatic heterocycles. The Hall–Kier alpha value is -2.14. The maximum atomic E-state index is 5.60. The zero-order chi connectivity index (χ0) is 14.4. The Balaban J connectivity index is 2.05. The van der Waals surface area contributed by atoms with Gasteiger partial charge in [0.25, 0.3) is 0 Å². The fourth-order valence-electron chi connectivity index (χ4n) is 1.68. The molecule has 1 aromatic carbocycles. The first-order valence-corrected chi connectivity index (χ1v) is 6.64. The predicted octanol–water partition coefficient (Wildman–Crippen LogP) is 2.56. The molecule has 106 valence electrons. The summed E-state index contributed by atoms with van der Waals surface area (Å²) in [6.45, 7) is 4.52. The minimum Gasteiger partial charge on any atom is -0.475 e. The van der Waals surface area contributed by atoms with Gasteiger partial charge in [-0.25, -0.2) is 4.98 Å². The second-order valence-corrected chi connectivity index (χ2v) is 4.63. The van der Waals surface area contributed by atoms with Crippen LogP contribution in [0.4, 0.5) is 0 Å². The zero-order valence-corrected chi connectivity index (χ0v) is 11.7. The molecular formula is C15H19N3O2. The molecule has 2 N–H and O–H groups in total. The minimum atomic E-state index is 0.0632. The predicted molar refractivity (Wildman–Crippen MR) is 77.1 cm³/mol. The summed E-state index contributed by atoms with van der Waals surface area (Å²) in [7, 11) is 0. The van der Waals surface area contributed by atoms with Crippen LogP contribution in [-0.4, -0.2) is 22.6 Å². The SMILES string of the molecule is CC(C)Oc1ccnc(Oc2ccc(CCN)cc2)n1. The lowest BCUT2D eigenvalue weighted by molar-refractivity contribution is 0.229. The standard InChI is InChI=1S/C15H19N3O2/c1-11(2)19-14-8-10-17-15(18-14)20-13-5-3-12(4-6-13)7-9-16/h3-6,8,10-11H,7,9,16H2,1-2H3. The van der Waals surface area contributed by atoms with Gasteiger partial charge in [0.2, 0.25) is 5.88 Å². The van der Waals surface area contributed by atoms with Gasteiger partial charge in [0.15, 0.2) is 0 Å². The van der Waals surface area contributed by atoms with Crippen molar-refractivity contribution in [3.63, 3.8) is 0 Å². The highest BCUT2D eigenvalue weighted by Gasteiger charge is 2.04. The van der Waals surface area contributed by atoms with Gasteiger partial charge < -0.3 is 15.2 Å². The molecule has 0 bridgehead atoms. The largest absolute Gasteiger partial charge is 0.475 e. The van der Waals surface area contributed by atoms with Crippen molar-refractivity contribution in [3.8, 4) is 17.6 Å². The molecule has 0 aliphatic carbocycles. The molecule has 0 spiro atoms. The topological polar surface area (TPSA) is 70.3 Å². The summed E-state index contributed by atoms with van der Waals surface area (Å²) < 4.78 is 11.1. The molecule has 0 amide bonds. The van der Waals surface area contributed by atoms with Crippen LogP contribution in [0.5, 0.6) is 17.6 Å². The summed E-state index contributed by atoms with van der Waals surface area (Å²) in [4.78, 5) is 8.26. The summed E-state index contributed by atoms with van der Waals surface area (Å²) in [5.41, 5.74) is 6.69. The van der Waals surface area contributed by atoms with Crippen LogP contribution in [0.15, 0.2) is 36.5 Å². The van der Waals surface area contributed by atoms with Crippen LogP contribution in [0.3, 0.4) is 0 Å². The molecule has 0 fully saturated rings. The first-order chi connectivity index (χ1) is 9.67. The monoisotopic (exact) mass is 273 g/mol. The van der Waals surface area contributed by atoms with Gasteiger partial charge in [-0.1, -0.05) is 12.1 Å². The van der Waals surface area contributed by atoms with Crippen molar-refractivity contribution in [2.24, 2.45) is 5.73 Å². The van der Waals surface area contributed by atoms with Crippen LogP contribution in [0.25, 0.3) is 0 Å².